The van der Waals surface area contributed by atoms with Crippen molar-refractivity contribution in [1.29, 1.82) is 0 Å². The normalized spacial score (nSPS) is 35.4. The fourth-order valence-corrected chi connectivity index (χ4v) is 4.77. The summed E-state index contributed by atoms with van der Waals surface area (Å²) in [7, 11) is 0. The standard InChI is InChI=1S/C18H34N2O/c1-3-21-17-14-16(18(17)9-6-10-18)19-11-7-13-20-12-5-4-8-15(20)2/h15-17,19H,3-14H2,1-2H3. The molecule has 0 amide bonds. The van der Waals surface area contributed by atoms with E-state index in [0.717, 1.165) is 18.7 Å². The number of rotatable bonds is 7. The van der Waals surface area contributed by atoms with Crippen LogP contribution in [-0.2, 0) is 4.74 Å². The average molecular weight is 294 g/mol. The van der Waals surface area contributed by atoms with Crippen LogP contribution in [0.2, 0.25) is 0 Å². The first-order valence-corrected chi connectivity index (χ1v) is 9.35. The Labute approximate surface area is 130 Å². The lowest BCUT2D eigenvalue weighted by atomic mass is 9.51. The molecule has 3 nitrogen and oxygen atoms in total. The Balaban J connectivity index is 1.34. The van der Waals surface area contributed by atoms with E-state index in [1.807, 2.05) is 0 Å². The van der Waals surface area contributed by atoms with Gasteiger partial charge >= 0.3 is 0 Å². The molecule has 1 N–H and O–H groups in total. The summed E-state index contributed by atoms with van der Waals surface area (Å²) in [5, 5.41) is 3.85. The molecule has 1 saturated heterocycles. The molecule has 1 aliphatic heterocycles. The van der Waals surface area contributed by atoms with Crippen molar-refractivity contribution >= 4 is 0 Å². The van der Waals surface area contributed by atoms with Gasteiger partial charge in [0.15, 0.2) is 0 Å². The van der Waals surface area contributed by atoms with Gasteiger partial charge in [-0.3, -0.25) is 0 Å². The lowest BCUT2D eigenvalue weighted by Crippen LogP contribution is -2.67. The van der Waals surface area contributed by atoms with Crippen molar-refractivity contribution in [2.75, 3.05) is 26.2 Å². The third kappa shape index (κ3) is 3.16. The van der Waals surface area contributed by atoms with Crippen molar-refractivity contribution in [3.8, 4) is 0 Å². The number of ether oxygens (including phenoxy) is 1. The molecule has 0 aromatic rings. The Bertz CT molecular complexity index is 329. The molecule has 2 aliphatic carbocycles. The Morgan fingerprint density at radius 3 is 2.76 bits per heavy atom. The van der Waals surface area contributed by atoms with Gasteiger partial charge in [0.2, 0.25) is 0 Å². The van der Waals surface area contributed by atoms with E-state index in [-0.39, 0.29) is 0 Å². The highest BCUT2D eigenvalue weighted by atomic mass is 16.5. The van der Waals surface area contributed by atoms with E-state index in [1.165, 1.54) is 71.0 Å². The van der Waals surface area contributed by atoms with E-state index in [9.17, 15) is 0 Å². The van der Waals surface area contributed by atoms with E-state index in [2.05, 4.69) is 24.1 Å². The summed E-state index contributed by atoms with van der Waals surface area (Å²) in [5.74, 6) is 0. The van der Waals surface area contributed by atoms with E-state index < -0.39 is 0 Å². The third-order valence-electron chi connectivity index (χ3n) is 6.39. The number of nitrogens with one attached hydrogen (secondary N) is 1. The fourth-order valence-electron chi connectivity index (χ4n) is 4.77. The Morgan fingerprint density at radius 2 is 2.10 bits per heavy atom. The van der Waals surface area contributed by atoms with Gasteiger partial charge in [-0.05, 0) is 72.0 Å². The van der Waals surface area contributed by atoms with Crippen molar-refractivity contribution in [2.24, 2.45) is 5.41 Å². The summed E-state index contributed by atoms with van der Waals surface area (Å²) in [6, 6.07) is 1.55. The van der Waals surface area contributed by atoms with Crippen LogP contribution in [0.25, 0.3) is 0 Å². The molecule has 3 unspecified atom stereocenters. The summed E-state index contributed by atoms with van der Waals surface area (Å²) in [6.07, 6.45) is 11.5. The maximum Gasteiger partial charge on any atom is 0.0661 e. The van der Waals surface area contributed by atoms with Crippen LogP contribution in [0.3, 0.4) is 0 Å². The molecule has 1 spiro atoms. The molecular weight excluding hydrogens is 260 g/mol. The van der Waals surface area contributed by atoms with Gasteiger partial charge in [0, 0.05) is 24.1 Å². The van der Waals surface area contributed by atoms with Crippen LogP contribution in [-0.4, -0.2) is 49.3 Å². The van der Waals surface area contributed by atoms with Crippen LogP contribution >= 0.6 is 0 Å². The molecule has 3 fully saturated rings. The van der Waals surface area contributed by atoms with Crippen LogP contribution in [0.15, 0.2) is 0 Å². The quantitative estimate of drug-likeness (QED) is 0.730. The summed E-state index contributed by atoms with van der Waals surface area (Å²) in [6.45, 7) is 9.20. The fraction of sp³-hybridized carbons (Fsp3) is 1.00. The van der Waals surface area contributed by atoms with Crippen LogP contribution in [0, 0.1) is 5.41 Å². The molecule has 0 radical (unpaired) electrons. The van der Waals surface area contributed by atoms with E-state index in [0.29, 0.717) is 11.5 Å². The summed E-state index contributed by atoms with van der Waals surface area (Å²) < 4.78 is 5.93. The Kier molecular flexibility index (Phi) is 5.23. The highest BCUT2D eigenvalue weighted by Gasteiger charge is 2.58. The van der Waals surface area contributed by atoms with Crippen molar-refractivity contribution < 1.29 is 4.74 Å². The molecule has 21 heavy (non-hydrogen) atoms. The van der Waals surface area contributed by atoms with Gasteiger partial charge in [-0.2, -0.15) is 0 Å². The Morgan fingerprint density at radius 1 is 1.24 bits per heavy atom. The number of nitrogens with zero attached hydrogens (tertiary/aromatic N) is 1. The number of piperidine rings is 1. The largest absolute Gasteiger partial charge is 0.378 e. The van der Waals surface area contributed by atoms with Crippen molar-refractivity contribution in [3.63, 3.8) is 0 Å². The first-order valence-electron chi connectivity index (χ1n) is 9.35. The SMILES string of the molecule is CCOC1CC(NCCCN2CCCCC2C)C12CCC2. The van der Waals surface area contributed by atoms with Crippen LogP contribution in [0.1, 0.15) is 65.2 Å². The first kappa shape index (κ1) is 15.8. The summed E-state index contributed by atoms with van der Waals surface area (Å²) >= 11 is 0. The molecule has 0 bridgehead atoms. The monoisotopic (exact) mass is 294 g/mol. The van der Waals surface area contributed by atoms with Gasteiger partial charge in [-0.1, -0.05) is 12.8 Å². The van der Waals surface area contributed by atoms with E-state index in [4.69, 9.17) is 4.74 Å². The molecule has 3 rings (SSSR count). The summed E-state index contributed by atoms with van der Waals surface area (Å²) in [4.78, 5) is 2.69. The lowest BCUT2D eigenvalue weighted by molar-refractivity contribution is -0.172. The molecule has 1 heterocycles. The van der Waals surface area contributed by atoms with Gasteiger partial charge in [0.1, 0.15) is 0 Å². The predicted molar refractivity (Wildman–Crippen MR) is 87.6 cm³/mol. The van der Waals surface area contributed by atoms with Gasteiger partial charge in [-0.25, -0.2) is 0 Å². The molecule has 2 saturated carbocycles. The van der Waals surface area contributed by atoms with Crippen LogP contribution < -0.4 is 5.32 Å². The highest BCUT2D eigenvalue weighted by Crippen LogP contribution is 2.57. The van der Waals surface area contributed by atoms with Gasteiger partial charge in [-0.15, -0.1) is 0 Å². The van der Waals surface area contributed by atoms with Gasteiger partial charge < -0.3 is 15.0 Å². The second-order valence-corrected chi connectivity index (χ2v) is 7.51. The second-order valence-electron chi connectivity index (χ2n) is 7.51. The first-order chi connectivity index (χ1) is 10.3. The third-order valence-corrected chi connectivity index (χ3v) is 6.39. The van der Waals surface area contributed by atoms with Gasteiger partial charge in [0.25, 0.3) is 0 Å². The minimum absolute atomic E-state index is 0.522. The maximum absolute atomic E-state index is 5.93. The zero-order valence-corrected chi connectivity index (χ0v) is 14.1. The molecule has 3 heteroatoms. The smallest absolute Gasteiger partial charge is 0.0661 e. The van der Waals surface area contributed by atoms with E-state index >= 15 is 0 Å². The molecule has 122 valence electrons. The molecule has 0 aromatic heterocycles. The predicted octanol–water partition coefficient (Wildman–Crippen LogP) is 3.19. The average Bonchev–Trinajstić information content (AvgIpc) is 2.41. The molecule has 3 atom stereocenters. The zero-order valence-electron chi connectivity index (χ0n) is 14.1. The minimum Gasteiger partial charge on any atom is -0.378 e. The molecule has 0 aromatic carbocycles. The molecule has 3 aliphatic rings. The number of likely N-dealkylation sites (tertiary alicyclic amines) is 1. The minimum atomic E-state index is 0.522. The number of hydrogen-bond donors (Lipinski definition) is 1. The van der Waals surface area contributed by atoms with Gasteiger partial charge in [0.05, 0.1) is 6.10 Å². The summed E-state index contributed by atoms with van der Waals surface area (Å²) in [5.41, 5.74) is 0.522. The molecular formula is C18H34N2O. The lowest BCUT2D eigenvalue weighted by Gasteiger charge is -2.61. The van der Waals surface area contributed by atoms with Crippen molar-refractivity contribution in [2.45, 2.75) is 83.4 Å². The highest BCUT2D eigenvalue weighted by molar-refractivity contribution is 5.12. The maximum atomic E-state index is 5.93. The van der Waals surface area contributed by atoms with Crippen molar-refractivity contribution in [3.05, 3.63) is 0 Å². The van der Waals surface area contributed by atoms with Crippen molar-refractivity contribution in [1.82, 2.24) is 10.2 Å². The Hall–Kier alpha value is -0.120. The second kappa shape index (κ2) is 6.97. The zero-order chi connectivity index (χ0) is 14.7. The topological polar surface area (TPSA) is 24.5 Å². The van der Waals surface area contributed by atoms with Crippen LogP contribution in [0.4, 0.5) is 0 Å². The number of hydrogen-bond acceptors (Lipinski definition) is 3. The van der Waals surface area contributed by atoms with E-state index in [1.54, 1.807) is 0 Å². The van der Waals surface area contributed by atoms with Crippen LogP contribution in [0.5, 0.6) is 0 Å².